The molecule has 1 aromatic carbocycles. The summed E-state index contributed by atoms with van der Waals surface area (Å²) in [5.41, 5.74) is 0.786. The van der Waals surface area contributed by atoms with Gasteiger partial charge in [-0.05, 0) is 12.1 Å². The third kappa shape index (κ3) is 2.17. The van der Waals surface area contributed by atoms with E-state index in [2.05, 4.69) is 5.32 Å². The fourth-order valence-electron chi connectivity index (χ4n) is 1.80. The molecule has 1 heterocycles. The summed E-state index contributed by atoms with van der Waals surface area (Å²) >= 11 is 5.89. The number of aromatic nitrogens is 1. The zero-order valence-corrected chi connectivity index (χ0v) is 10.4. The Morgan fingerprint density at radius 3 is 2.78 bits per heavy atom. The predicted octanol–water partition coefficient (Wildman–Crippen LogP) is 1.74. The van der Waals surface area contributed by atoms with Crippen molar-refractivity contribution in [1.29, 1.82) is 0 Å². The number of carbonyl (C=O) groups excluding carboxylic acids is 1. The van der Waals surface area contributed by atoms with Gasteiger partial charge in [-0.1, -0.05) is 17.7 Å². The van der Waals surface area contributed by atoms with Gasteiger partial charge in [0.1, 0.15) is 6.54 Å². The predicted molar refractivity (Wildman–Crippen MR) is 68.0 cm³/mol. The highest BCUT2D eigenvalue weighted by atomic mass is 35.5. The van der Waals surface area contributed by atoms with Crippen LogP contribution in [0.4, 0.5) is 0 Å². The molecule has 0 saturated heterocycles. The van der Waals surface area contributed by atoms with Gasteiger partial charge >= 0.3 is 5.97 Å². The number of carboxylic acid groups (broad SMARTS) is 1. The monoisotopic (exact) mass is 266 g/mol. The largest absolute Gasteiger partial charge is 0.478 e. The summed E-state index contributed by atoms with van der Waals surface area (Å²) in [6.07, 6.45) is 1.44. The fourth-order valence-corrected chi connectivity index (χ4v) is 1.97. The van der Waals surface area contributed by atoms with Gasteiger partial charge in [-0.15, -0.1) is 0 Å². The van der Waals surface area contributed by atoms with Gasteiger partial charge in [-0.3, -0.25) is 4.79 Å². The summed E-state index contributed by atoms with van der Waals surface area (Å²) in [6, 6.07) is 4.91. The molecule has 0 bridgehead atoms. The van der Waals surface area contributed by atoms with Crippen molar-refractivity contribution in [2.45, 2.75) is 6.54 Å². The van der Waals surface area contributed by atoms with Gasteiger partial charge in [0.25, 0.3) is 0 Å². The number of aromatic carboxylic acids is 1. The molecule has 0 aliphatic rings. The third-order valence-electron chi connectivity index (χ3n) is 2.67. The first-order valence-corrected chi connectivity index (χ1v) is 5.63. The molecule has 6 heteroatoms. The van der Waals surface area contributed by atoms with Crippen LogP contribution in [0.3, 0.4) is 0 Å². The smallest absolute Gasteiger partial charge is 0.337 e. The topological polar surface area (TPSA) is 71.3 Å². The fraction of sp³-hybridized carbons (Fsp3) is 0.167. The number of halogens is 1. The Bertz CT molecular complexity index is 634. The maximum absolute atomic E-state index is 11.4. The molecule has 0 unspecified atom stereocenters. The highest BCUT2D eigenvalue weighted by Crippen LogP contribution is 2.24. The molecule has 5 nitrogen and oxygen atoms in total. The molecular weight excluding hydrogens is 256 g/mol. The normalized spacial score (nSPS) is 10.6. The second-order valence-electron chi connectivity index (χ2n) is 3.81. The number of hydrogen-bond acceptors (Lipinski definition) is 2. The van der Waals surface area contributed by atoms with E-state index in [9.17, 15) is 9.59 Å². The van der Waals surface area contributed by atoms with Crippen molar-refractivity contribution in [3.63, 3.8) is 0 Å². The number of carbonyl (C=O) groups is 2. The average molecular weight is 267 g/mol. The van der Waals surface area contributed by atoms with Gasteiger partial charge in [0.05, 0.1) is 11.1 Å². The van der Waals surface area contributed by atoms with Gasteiger partial charge in [-0.25, -0.2) is 4.79 Å². The summed E-state index contributed by atoms with van der Waals surface area (Å²) in [7, 11) is 1.53. The number of carboxylic acids is 1. The van der Waals surface area contributed by atoms with Crippen LogP contribution in [0.2, 0.25) is 5.02 Å². The molecule has 2 rings (SSSR count). The third-order valence-corrected chi connectivity index (χ3v) is 2.90. The Kier molecular flexibility index (Phi) is 3.25. The molecule has 18 heavy (non-hydrogen) atoms. The van der Waals surface area contributed by atoms with E-state index in [1.807, 2.05) is 0 Å². The minimum absolute atomic E-state index is 0.0562. The first-order valence-electron chi connectivity index (χ1n) is 5.25. The molecule has 0 fully saturated rings. The standard InChI is InChI=1S/C12H11ClN2O3/c1-14-11(16)6-15-5-9(12(17)18)8-3-2-7(13)4-10(8)15/h2-5H,6H2,1H3,(H,14,16)(H,17,18). The van der Waals surface area contributed by atoms with Crippen LogP contribution in [0.5, 0.6) is 0 Å². The number of fused-ring (bicyclic) bond motifs is 1. The lowest BCUT2D eigenvalue weighted by atomic mass is 10.2. The van der Waals surface area contributed by atoms with Crippen molar-refractivity contribution in [3.8, 4) is 0 Å². The summed E-state index contributed by atoms with van der Waals surface area (Å²) in [6.45, 7) is 0.0562. The van der Waals surface area contributed by atoms with E-state index < -0.39 is 5.97 Å². The lowest BCUT2D eigenvalue weighted by Crippen LogP contribution is -2.23. The van der Waals surface area contributed by atoms with E-state index in [4.69, 9.17) is 16.7 Å². The Balaban J connectivity index is 2.61. The molecule has 0 aliphatic heterocycles. The number of likely N-dealkylation sites (N-methyl/N-ethyl adjacent to an activating group) is 1. The van der Waals surface area contributed by atoms with Crippen LogP contribution in [0.1, 0.15) is 10.4 Å². The van der Waals surface area contributed by atoms with Crippen LogP contribution in [0.25, 0.3) is 10.9 Å². The van der Waals surface area contributed by atoms with E-state index in [-0.39, 0.29) is 18.0 Å². The molecule has 1 aromatic heterocycles. The maximum atomic E-state index is 11.4. The molecule has 0 spiro atoms. The zero-order chi connectivity index (χ0) is 13.3. The van der Waals surface area contributed by atoms with Crippen LogP contribution in [-0.2, 0) is 11.3 Å². The Hall–Kier alpha value is -2.01. The Morgan fingerprint density at radius 2 is 2.17 bits per heavy atom. The molecule has 0 radical (unpaired) electrons. The summed E-state index contributed by atoms with van der Waals surface area (Å²) in [4.78, 5) is 22.5. The van der Waals surface area contributed by atoms with Gasteiger partial charge in [0.2, 0.25) is 5.91 Å². The van der Waals surface area contributed by atoms with Crippen LogP contribution in [-0.4, -0.2) is 28.6 Å². The van der Waals surface area contributed by atoms with E-state index in [0.29, 0.717) is 15.9 Å². The van der Waals surface area contributed by atoms with Crippen molar-refractivity contribution in [2.24, 2.45) is 0 Å². The highest BCUT2D eigenvalue weighted by molar-refractivity contribution is 6.31. The molecule has 0 atom stereocenters. The summed E-state index contributed by atoms with van der Waals surface area (Å²) in [5, 5.41) is 12.7. The first-order chi connectivity index (χ1) is 8.52. The first kappa shape index (κ1) is 12.4. The minimum atomic E-state index is -1.03. The lowest BCUT2D eigenvalue weighted by Gasteiger charge is -2.03. The number of benzene rings is 1. The minimum Gasteiger partial charge on any atom is -0.478 e. The molecule has 1 amide bonds. The van der Waals surface area contributed by atoms with Crippen LogP contribution < -0.4 is 5.32 Å². The van der Waals surface area contributed by atoms with Crippen molar-refractivity contribution in [2.75, 3.05) is 7.05 Å². The molecule has 0 saturated carbocycles. The summed E-state index contributed by atoms with van der Waals surface area (Å²) < 4.78 is 1.57. The quantitative estimate of drug-likeness (QED) is 0.889. The number of nitrogens with one attached hydrogen (secondary N) is 1. The second-order valence-corrected chi connectivity index (χ2v) is 4.25. The van der Waals surface area contributed by atoms with Crippen molar-refractivity contribution in [3.05, 3.63) is 35.0 Å². The van der Waals surface area contributed by atoms with E-state index in [1.54, 1.807) is 22.8 Å². The van der Waals surface area contributed by atoms with E-state index in [0.717, 1.165) is 0 Å². The van der Waals surface area contributed by atoms with Crippen LogP contribution in [0, 0.1) is 0 Å². The second kappa shape index (κ2) is 4.70. The number of hydrogen-bond donors (Lipinski definition) is 2. The number of nitrogens with zero attached hydrogens (tertiary/aromatic N) is 1. The lowest BCUT2D eigenvalue weighted by molar-refractivity contribution is -0.121. The van der Waals surface area contributed by atoms with Gasteiger partial charge in [-0.2, -0.15) is 0 Å². The maximum Gasteiger partial charge on any atom is 0.337 e. The van der Waals surface area contributed by atoms with E-state index in [1.165, 1.54) is 13.2 Å². The summed E-state index contributed by atoms with van der Waals surface area (Å²) in [5.74, 6) is -1.23. The van der Waals surface area contributed by atoms with Crippen molar-refractivity contribution >= 4 is 34.4 Å². The number of rotatable bonds is 3. The Morgan fingerprint density at radius 1 is 1.44 bits per heavy atom. The van der Waals surface area contributed by atoms with Crippen LogP contribution >= 0.6 is 11.6 Å². The SMILES string of the molecule is CNC(=O)Cn1cc(C(=O)O)c2ccc(Cl)cc21. The molecule has 0 aliphatic carbocycles. The molecule has 2 aromatic rings. The zero-order valence-electron chi connectivity index (χ0n) is 9.61. The number of amides is 1. The Labute approximate surface area is 108 Å². The van der Waals surface area contributed by atoms with E-state index >= 15 is 0 Å². The van der Waals surface area contributed by atoms with Crippen molar-refractivity contribution < 1.29 is 14.7 Å². The van der Waals surface area contributed by atoms with Gasteiger partial charge in [0.15, 0.2) is 0 Å². The average Bonchev–Trinajstić information content (AvgIpc) is 2.67. The molecular formula is C12H11ClN2O3. The van der Waals surface area contributed by atoms with Crippen LogP contribution in [0.15, 0.2) is 24.4 Å². The van der Waals surface area contributed by atoms with Gasteiger partial charge in [0, 0.05) is 23.7 Å². The van der Waals surface area contributed by atoms with Gasteiger partial charge < -0.3 is 15.0 Å². The molecule has 2 N–H and O–H groups in total. The highest BCUT2D eigenvalue weighted by Gasteiger charge is 2.15. The van der Waals surface area contributed by atoms with Crippen molar-refractivity contribution in [1.82, 2.24) is 9.88 Å². The molecule has 94 valence electrons.